The molecule has 0 aliphatic heterocycles. The smallest absolute Gasteiger partial charge is 0.278 e. The van der Waals surface area contributed by atoms with Gasteiger partial charge < -0.3 is 9.84 Å². The molecule has 39 heavy (non-hydrogen) atoms. The van der Waals surface area contributed by atoms with Crippen LogP contribution in [0.25, 0.3) is 17.1 Å². The molecule has 0 saturated heterocycles. The van der Waals surface area contributed by atoms with Crippen LogP contribution >= 0.6 is 11.6 Å². The Bertz CT molecular complexity index is 1660. The third-order valence-corrected chi connectivity index (χ3v) is 6.24. The fourth-order valence-electron chi connectivity index (χ4n) is 4.02. The molecule has 8 nitrogen and oxygen atoms in total. The fourth-order valence-corrected chi connectivity index (χ4v) is 4.19. The predicted molar refractivity (Wildman–Crippen MR) is 144 cm³/mol. The number of aryl methyl sites for hydroxylation is 2. The Hall–Kier alpha value is -3.70. The van der Waals surface area contributed by atoms with Crippen molar-refractivity contribution in [3.05, 3.63) is 92.4 Å². The van der Waals surface area contributed by atoms with Gasteiger partial charge in [-0.3, -0.25) is 19.3 Å². The zero-order chi connectivity index (χ0) is 28.9. The Balaban J connectivity index is 1.83. The summed E-state index contributed by atoms with van der Waals surface area (Å²) in [6.07, 6.45) is 3.61. The van der Waals surface area contributed by atoms with Gasteiger partial charge in [-0.15, -0.1) is 0 Å². The van der Waals surface area contributed by atoms with E-state index >= 15 is 4.39 Å². The van der Waals surface area contributed by atoms with E-state index in [1.807, 2.05) is 0 Å². The quantitative estimate of drug-likeness (QED) is 0.365. The van der Waals surface area contributed by atoms with E-state index in [0.29, 0.717) is 11.6 Å². The fraction of sp³-hybridized carbons (Fsp3) is 0.240. The maximum Gasteiger partial charge on any atom is 0.278 e. The van der Waals surface area contributed by atoms with Gasteiger partial charge in [0.2, 0.25) is 0 Å². The number of aliphatic hydroxyl groups is 1. The van der Waals surface area contributed by atoms with Crippen molar-refractivity contribution in [3.8, 4) is 22.8 Å². The minimum atomic E-state index is -1.44. The molecule has 4 aromatic heterocycles. The summed E-state index contributed by atoms with van der Waals surface area (Å²) in [5.74, 6) is -2.65. The van der Waals surface area contributed by atoms with E-state index in [4.69, 9.17) is 16.3 Å². The maximum absolute atomic E-state index is 16.0. The summed E-state index contributed by atoms with van der Waals surface area (Å²) >= 11 is 6.39. The maximum atomic E-state index is 16.0. The Labute approximate surface area is 228 Å². The molecule has 0 radical (unpaired) electrons. The van der Waals surface area contributed by atoms with Gasteiger partial charge in [-0.2, -0.15) is 0 Å². The lowest BCUT2D eigenvalue weighted by Crippen LogP contribution is -2.37. The van der Waals surface area contributed by atoms with Crippen molar-refractivity contribution in [3.63, 3.8) is 0 Å². The Morgan fingerprint density at radius 1 is 1.08 bits per heavy atom. The van der Waals surface area contributed by atoms with Crippen molar-refractivity contribution in [2.75, 3.05) is 0 Å². The molecule has 0 fully saturated rings. The summed E-state index contributed by atoms with van der Waals surface area (Å²) in [5, 5.41) is 8.43. The van der Waals surface area contributed by atoms with E-state index in [-0.39, 0.29) is 45.1 Å². The lowest BCUT2D eigenvalue weighted by molar-refractivity contribution is 0.0688. The van der Waals surface area contributed by atoms with Gasteiger partial charge in [-0.1, -0.05) is 11.6 Å². The SMILES string of the molecule is BC(B)(Oc1cc(C)n(-c2c(C)cnc(-c3ccnc(C(C)(C)O)n3)c2F)c(=O)c1Cl)c1ncc(F)cc1F. The summed E-state index contributed by atoms with van der Waals surface area (Å²) in [4.78, 5) is 29.7. The molecule has 0 aliphatic carbocycles. The first-order chi connectivity index (χ1) is 18.1. The number of hydrogen-bond acceptors (Lipinski definition) is 7. The third kappa shape index (κ3) is 5.41. The normalized spacial score (nSPS) is 12.0. The molecule has 0 unspecified atom stereocenters. The number of pyridine rings is 3. The molecule has 1 N–H and O–H groups in total. The minimum Gasteiger partial charge on any atom is -0.498 e. The van der Waals surface area contributed by atoms with Gasteiger partial charge in [0.15, 0.2) is 27.3 Å². The molecule has 4 heterocycles. The van der Waals surface area contributed by atoms with Gasteiger partial charge in [0.05, 0.1) is 23.0 Å². The molecule has 0 saturated carbocycles. The molecule has 0 spiro atoms. The molecular weight excluding hydrogens is 532 g/mol. The molecule has 4 aromatic rings. The first-order valence-electron chi connectivity index (χ1n) is 11.8. The first-order valence-corrected chi connectivity index (χ1v) is 12.1. The predicted octanol–water partition coefficient (Wildman–Crippen LogP) is 2.45. The first kappa shape index (κ1) is 28.3. The highest BCUT2D eigenvalue weighted by Gasteiger charge is 2.31. The second kappa shape index (κ2) is 10.1. The highest BCUT2D eigenvalue weighted by Crippen LogP contribution is 2.32. The standard InChI is InChI=1S/C25H23B2ClF3N5O3/c1-11-9-33-19(15-5-6-32-23(35-15)24(3,4)38)18(31)20(11)36-12(2)7-16(17(28)22(36)37)39-25(26,27)21-14(30)8-13(29)10-34-21/h5-10,38H,26-27H2,1-4H3. The van der Waals surface area contributed by atoms with E-state index in [9.17, 15) is 18.7 Å². The van der Waals surface area contributed by atoms with Gasteiger partial charge >= 0.3 is 0 Å². The van der Waals surface area contributed by atoms with Crippen LogP contribution in [0.2, 0.25) is 5.02 Å². The van der Waals surface area contributed by atoms with Gasteiger partial charge in [-0.25, -0.2) is 23.1 Å². The summed E-state index contributed by atoms with van der Waals surface area (Å²) in [5.41, 5.74) is -1.95. The number of aromatic nitrogens is 5. The van der Waals surface area contributed by atoms with Crippen LogP contribution < -0.4 is 10.3 Å². The van der Waals surface area contributed by atoms with Crippen LogP contribution in [-0.4, -0.2) is 45.3 Å². The van der Waals surface area contributed by atoms with Gasteiger partial charge in [-0.05, 0) is 39.3 Å². The van der Waals surface area contributed by atoms with Gasteiger partial charge in [0.1, 0.15) is 39.4 Å². The van der Waals surface area contributed by atoms with Crippen LogP contribution in [-0.2, 0) is 11.0 Å². The Morgan fingerprint density at radius 2 is 1.77 bits per heavy atom. The van der Waals surface area contributed by atoms with Crippen molar-refractivity contribution < 1.29 is 23.0 Å². The minimum absolute atomic E-state index is 0.0657. The zero-order valence-electron chi connectivity index (χ0n) is 22.0. The van der Waals surface area contributed by atoms with Crippen LogP contribution in [0.5, 0.6) is 5.75 Å². The average Bonchev–Trinajstić information content (AvgIpc) is 2.83. The Kier molecular flexibility index (Phi) is 7.35. The summed E-state index contributed by atoms with van der Waals surface area (Å²) in [7, 11) is 2.96. The van der Waals surface area contributed by atoms with E-state index in [0.717, 1.165) is 10.8 Å². The van der Waals surface area contributed by atoms with Crippen molar-refractivity contribution in [1.82, 2.24) is 24.5 Å². The lowest BCUT2D eigenvalue weighted by atomic mass is 9.62. The van der Waals surface area contributed by atoms with E-state index in [2.05, 4.69) is 19.9 Å². The zero-order valence-corrected chi connectivity index (χ0v) is 22.7. The number of halogens is 4. The summed E-state index contributed by atoms with van der Waals surface area (Å²) in [6.45, 7) is 6.11. The monoisotopic (exact) mass is 555 g/mol. The molecule has 0 amide bonds. The molecule has 0 bridgehead atoms. The van der Waals surface area contributed by atoms with E-state index < -0.39 is 34.0 Å². The largest absolute Gasteiger partial charge is 0.498 e. The molecule has 0 atom stereocenters. The highest BCUT2D eigenvalue weighted by molar-refractivity contribution is 6.39. The lowest BCUT2D eigenvalue weighted by Gasteiger charge is -2.28. The van der Waals surface area contributed by atoms with Crippen molar-refractivity contribution in [2.45, 2.75) is 38.7 Å². The van der Waals surface area contributed by atoms with Crippen molar-refractivity contribution in [1.29, 1.82) is 0 Å². The van der Waals surface area contributed by atoms with E-state index in [1.54, 1.807) is 13.8 Å². The number of rotatable bonds is 6. The summed E-state index contributed by atoms with van der Waals surface area (Å²) in [6, 6.07) is 3.51. The number of ether oxygens (including phenoxy) is 1. The van der Waals surface area contributed by atoms with E-state index in [1.165, 1.54) is 54.1 Å². The number of nitrogens with zero attached hydrogens (tertiary/aromatic N) is 5. The second-order valence-corrected chi connectivity index (χ2v) is 10.4. The molecular formula is C25H23B2ClF3N5O3. The van der Waals surface area contributed by atoms with Crippen LogP contribution in [0, 0.1) is 31.3 Å². The topological polar surface area (TPSA) is 103 Å². The van der Waals surface area contributed by atoms with Crippen molar-refractivity contribution >= 4 is 27.3 Å². The van der Waals surface area contributed by atoms with Crippen LogP contribution in [0.15, 0.2) is 41.6 Å². The van der Waals surface area contributed by atoms with Crippen LogP contribution in [0.1, 0.15) is 36.6 Å². The Morgan fingerprint density at radius 3 is 2.41 bits per heavy atom. The summed E-state index contributed by atoms with van der Waals surface area (Å²) < 4.78 is 50.7. The number of hydrogen-bond donors (Lipinski definition) is 1. The van der Waals surface area contributed by atoms with Crippen LogP contribution in [0.4, 0.5) is 13.2 Å². The highest BCUT2D eigenvalue weighted by atomic mass is 35.5. The van der Waals surface area contributed by atoms with Crippen molar-refractivity contribution in [2.24, 2.45) is 0 Å². The third-order valence-electron chi connectivity index (χ3n) is 5.89. The molecule has 200 valence electrons. The second-order valence-electron chi connectivity index (χ2n) is 9.98. The van der Waals surface area contributed by atoms with Gasteiger partial charge in [0.25, 0.3) is 5.56 Å². The molecule has 4 rings (SSSR count). The molecule has 0 aliphatic rings. The van der Waals surface area contributed by atoms with Crippen LogP contribution in [0.3, 0.4) is 0 Å². The molecule has 0 aromatic carbocycles. The van der Waals surface area contributed by atoms with Gasteiger partial charge in [0, 0.05) is 30.2 Å². The molecule has 14 heteroatoms. The average molecular weight is 556 g/mol.